The van der Waals surface area contributed by atoms with Crippen LogP contribution in [0.2, 0.25) is 0 Å². The first-order chi connectivity index (χ1) is 15.4. The summed E-state index contributed by atoms with van der Waals surface area (Å²) in [5.41, 5.74) is 1.70. The molecule has 6 nitrogen and oxygen atoms in total. The number of nitrogens with zero attached hydrogens (tertiary/aromatic N) is 3. The Morgan fingerprint density at radius 2 is 2.06 bits per heavy atom. The molecule has 2 fully saturated rings. The molecule has 0 unspecified atom stereocenters. The van der Waals surface area contributed by atoms with Crippen LogP contribution >= 0.6 is 0 Å². The van der Waals surface area contributed by atoms with E-state index in [1.807, 2.05) is 29.2 Å². The van der Waals surface area contributed by atoms with Gasteiger partial charge < -0.3 is 15.2 Å². The molecule has 0 bridgehead atoms. The first-order valence-electron chi connectivity index (χ1n) is 10.9. The van der Waals surface area contributed by atoms with Gasteiger partial charge in [-0.3, -0.25) is 4.79 Å². The number of benzene rings is 1. The van der Waals surface area contributed by atoms with Crippen LogP contribution in [-0.4, -0.2) is 40.0 Å². The number of amides is 1. The molecular weight excluding hydrogens is 419 g/mol. The van der Waals surface area contributed by atoms with E-state index in [9.17, 15) is 18.0 Å². The third-order valence-corrected chi connectivity index (χ3v) is 6.32. The van der Waals surface area contributed by atoms with Gasteiger partial charge in [0.25, 0.3) is 0 Å². The highest BCUT2D eigenvalue weighted by molar-refractivity contribution is 5.78. The minimum Gasteiger partial charge on any atom is -0.368 e. The normalized spacial score (nSPS) is 23.3. The Bertz CT molecular complexity index is 1080. The molecule has 3 atom stereocenters. The summed E-state index contributed by atoms with van der Waals surface area (Å²) in [5, 5.41) is 3.11. The number of rotatable bonds is 5. The Balaban J connectivity index is 1.14. The molecular formula is C23H24F3N5O. The second kappa shape index (κ2) is 8.11. The van der Waals surface area contributed by atoms with Crippen LogP contribution in [0.3, 0.4) is 0 Å². The van der Waals surface area contributed by atoms with E-state index in [0.29, 0.717) is 18.7 Å². The lowest BCUT2D eigenvalue weighted by Gasteiger charge is -2.34. The van der Waals surface area contributed by atoms with Crippen LogP contribution in [0, 0.1) is 5.92 Å². The number of aromatic nitrogens is 3. The summed E-state index contributed by atoms with van der Waals surface area (Å²) in [7, 11) is 0. The molecule has 3 heterocycles. The van der Waals surface area contributed by atoms with Crippen molar-refractivity contribution in [3.63, 3.8) is 0 Å². The van der Waals surface area contributed by atoms with Crippen LogP contribution in [0.15, 0.2) is 42.6 Å². The minimum atomic E-state index is -4.44. The van der Waals surface area contributed by atoms with Gasteiger partial charge >= 0.3 is 6.18 Å². The summed E-state index contributed by atoms with van der Waals surface area (Å²) in [5.74, 6) is 1.54. The summed E-state index contributed by atoms with van der Waals surface area (Å²) < 4.78 is 38.2. The summed E-state index contributed by atoms with van der Waals surface area (Å²) in [6, 6.07) is 10.3. The quantitative estimate of drug-likeness (QED) is 0.618. The van der Waals surface area contributed by atoms with Crippen LogP contribution in [-0.2, 0) is 11.0 Å². The maximum absolute atomic E-state index is 12.7. The van der Waals surface area contributed by atoms with E-state index >= 15 is 0 Å². The molecule has 2 aromatic heterocycles. The fourth-order valence-electron chi connectivity index (χ4n) is 4.55. The average Bonchev–Trinajstić information content (AvgIpc) is 3.39. The second-order valence-electron chi connectivity index (χ2n) is 8.70. The predicted molar refractivity (Wildman–Crippen MR) is 114 cm³/mol. The van der Waals surface area contributed by atoms with E-state index in [4.69, 9.17) is 0 Å². The number of halogens is 3. The summed E-state index contributed by atoms with van der Waals surface area (Å²) in [6.07, 6.45) is -0.0680. The fraction of sp³-hybridized carbons (Fsp3) is 0.435. The van der Waals surface area contributed by atoms with E-state index < -0.39 is 11.9 Å². The lowest BCUT2D eigenvalue weighted by molar-refractivity contribution is -0.141. The van der Waals surface area contributed by atoms with Gasteiger partial charge in [-0.15, -0.1) is 0 Å². The minimum absolute atomic E-state index is 0.0194. The Labute approximate surface area is 183 Å². The third kappa shape index (κ3) is 4.42. The zero-order valence-electron chi connectivity index (χ0n) is 17.4. The summed E-state index contributed by atoms with van der Waals surface area (Å²) in [4.78, 5) is 26.1. The average molecular weight is 443 g/mol. The molecule has 1 saturated heterocycles. The van der Waals surface area contributed by atoms with Crippen LogP contribution < -0.4 is 10.2 Å². The maximum Gasteiger partial charge on any atom is 0.433 e. The molecule has 1 saturated carbocycles. The zero-order chi connectivity index (χ0) is 22.3. The number of aromatic amines is 1. The largest absolute Gasteiger partial charge is 0.433 e. The SMILES string of the molecule is O=C(C[C@H]1C[C@H]1c1nc2ccccc2[nH]1)N[C@@H]1CCCN(c2ccc(C(F)(F)F)nc2)C1. The highest BCUT2D eigenvalue weighted by atomic mass is 19.4. The van der Waals surface area contributed by atoms with Crippen molar-refractivity contribution < 1.29 is 18.0 Å². The van der Waals surface area contributed by atoms with Crippen LogP contribution in [0.4, 0.5) is 18.9 Å². The zero-order valence-corrected chi connectivity index (χ0v) is 17.4. The molecule has 1 aromatic carbocycles. The van der Waals surface area contributed by atoms with E-state index in [1.165, 1.54) is 12.3 Å². The van der Waals surface area contributed by atoms with Gasteiger partial charge in [-0.25, -0.2) is 9.97 Å². The molecule has 32 heavy (non-hydrogen) atoms. The Morgan fingerprint density at radius 1 is 1.22 bits per heavy atom. The molecule has 5 rings (SSSR count). The van der Waals surface area contributed by atoms with Gasteiger partial charge in [-0.05, 0) is 49.4 Å². The first-order valence-corrected chi connectivity index (χ1v) is 10.9. The number of para-hydroxylation sites is 2. The smallest absolute Gasteiger partial charge is 0.368 e. The molecule has 0 radical (unpaired) electrons. The Hall–Kier alpha value is -3.10. The van der Waals surface area contributed by atoms with E-state index in [-0.39, 0.29) is 23.8 Å². The number of imidazole rings is 1. The van der Waals surface area contributed by atoms with Gasteiger partial charge in [0.1, 0.15) is 11.5 Å². The number of nitrogens with one attached hydrogen (secondary N) is 2. The molecule has 3 aromatic rings. The number of fused-ring (bicyclic) bond motifs is 1. The number of carbonyl (C=O) groups excluding carboxylic acids is 1. The molecule has 2 N–H and O–H groups in total. The van der Waals surface area contributed by atoms with Crippen molar-refractivity contribution in [3.05, 3.63) is 54.1 Å². The van der Waals surface area contributed by atoms with Crippen LogP contribution in [0.25, 0.3) is 11.0 Å². The number of piperidine rings is 1. The maximum atomic E-state index is 12.7. The lowest BCUT2D eigenvalue weighted by atomic mass is 10.0. The number of H-pyrrole nitrogens is 1. The molecule has 1 aliphatic heterocycles. The van der Waals surface area contributed by atoms with Crippen molar-refractivity contribution in [3.8, 4) is 0 Å². The summed E-state index contributed by atoms with van der Waals surface area (Å²) in [6.45, 7) is 1.30. The number of alkyl halides is 3. The van der Waals surface area contributed by atoms with Crippen LogP contribution in [0.1, 0.15) is 43.1 Å². The first kappa shape index (κ1) is 20.8. The monoisotopic (exact) mass is 443 g/mol. The fourth-order valence-corrected chi connectivity index (χ4v) is 4.55. The van der Waals surface area contributed by atoms with Gasteiger partial charge in [-0.2, -0.15) is 13.2 Å². The molecule has 1 aliphatic carbocycles. The molecule has 0 spiro atoms. The van der Waals surface area contributed by atoms with E-state index in [2.05, 4.69) is 20.3 Å². The second-order valence-corrected chi connectivity index (χ2v) is 8.70. The van der Waals surface area contributed by atoms with Crippen molar-refractivity contribution in [1.82, 2.24) is 20.3 Å². The third-order valence-electron chi connectivity index (χ3n) is 6.32. The Kier molecular flexibility index (Phi) is 5.27. The Morgan fingerprint density at radius 3 is 2.81 bits per heavy atom. The molecule has 9 heteroatoms. The standard InChI is InChI=1S/C23H24F3N5O/c24-23(25,26)20-8-7-16(12-27-20)31-9-3-4-15(13-31)28-21(32)11-14-10-17(14)22-29-18-5-1-2-6-19(18)30-22/h1-2,5-8,12,14-15,17H,3-4,9-11,13H2,(H,28,32)(H,29,30)/t14-,15-,17-/m1/s1. The van der Waals surface area contributed by atoms with Gasteiger partial charge in [0.15, 0.2) is 0 Å². The van der Waals surface area contributed by atoms with Crippen molar-refractivity contribution in [2.24, 2.45) is 5.92 Å². The van der Waals surface area contributed by atoms with E-state index in [1.54, 1.807) is 0 Å². The molecule has 2 aliphatic rings. The number of hydrogen-bond acceptors (Lipinski definition) is 4. The number of anilines is 1. The molecule has 1 amide bonds. The highest BCUT2D eigenvalue weighted by Crippen LogP contribution is 2.48. The number of pyridine rings is 1. The number of carbonyl (C=O) groups is 1. The highest BCUT2D eigenvalue weighted by Gasteiger charge is 2.42. The predicted octanol–water partition coefficient (Wildman–Crippen LogP) is 4.26. The number of hydrogen-bond donors (Lipinski definition) is 2. The van der Waals surface area contributed by atoms with Gasteiger partial charge in [0.2, 0.25) is 5.91 Å². The van der Waals surface area contributed by atoms with Crippen molar-refractivity contribution in [2.45, 2.75) is 43.8 Å². The van der Waals surface area contributed by atoms with Gasteiger partial charge in [0.05, 0.1) is 22.9 Å². The van der Waals surface area contributed by atoms with Crippen molar-refractivity contribution >= 4 is 22.6 Å². The lowest BCUT2D eigenvalue weighted by Crippen LogP contribution is -2.48. The van der Waals surface area contributed by atoms with E-state index in [0.717, 1.165) is 48.7 Å². The van der Waals surface area contributed by atoms with Crippen LogP contribution in [0.5, 0.6) is 0 Å². The van der Waals surface area contributed by atoms with Gasteiger partial charge in [0, 0.05) is 31.5 Å². The van der Waals surface area contributed by atoms with Crippen molar-refractivity contribution in [2.75, 3.05) is 18.0 Å². The van der Waals surface area contributed by atoms with Crippen molar-refractivity contribution in [1.29, 1.82) is 0 Å². The molecule has 168 valence electrons. The summed E-state index contributed by atoms with van der Waals surface area (Å²) >= 11 is 0. The topological polar surface area (TPSA) is 73.9 Å². The van der Waals surface area contributed by atoms with Gasteiger partial charge in [-0.1, -0.05) is 12.1 Å².